The number of nitrogens with zero attached hydrogens (tertiary/aromatic N) is 3. The Morgan fingerprint density at radius 1 is 0.970 bits per heavy atom. The third-order valence-corrected chi connectivity index (χ3v) is 5.56. The van der Waals surface area contributed by atoms with Crippen LogP contribution in [0.25, 0.3) is 22.4 Å². The molecule has 0 fully saturated rings. The highest BCUT2D eigenvalue weighted by Gasteiger charge is 2.19. The zero-order chi connectivity index (χ0) is 23.2. The van der Waals surface area contributed by atoms with Crippen molar-refractivity contribution < 1.29 is 0 Å². The molecule has 1 atom stereocenters. The third-order valence-electron chi connectivity index (χ3n) is 5.56. The molecule has 1 unspecified atom stereocenters. The normalized spacial score (nSPS) is 11.8. The summed E-state index contributed by atoms with van der Waals surface area (Å²) >= 11 is 0. The second-order valence-corrected chi connectivity index (χ2v) is 7.99. The van der Waals surface area contributed by atoms with Crippen molar-refractivity contribution in [2.45, 2.75) is 19.0 Å². The van der Waals surface area contributed by atoms with Gasteiger partial charge >= 0.3 is 0 Å². The van der Waals surface area contributed by atoms with Gasteiger partial charge in [-0.15, -0.1) is 0 Å². The van der Waals surface area contributed by atoms with E-state index in [-0.39, 0.29) is 11.6 Å². The summed E-state index contributed by atoms with van der Waals surface area (Å²) in [7, 11) is 1.72. The smallest absolute Gasteiger partial charge is 0.263 e. The van der Waals surface area contributed by atoms with Crippen LogP contribution in [0.1, 0.15) is 11.1 Å². The fraction of sp³-hybridized carbons (Fsp3) is 0.192. The molecule has 0 amide bonds. The quantitative estimate of drug-likeness (QED) is 0.388. The van der Waals surface area contributed by atoms with Gasteiger partial charge in [0.05, 0.1) is 11.3 Å². The Hall–Kier alpha value is -3.81. The molecule has 7 nitrogen and oxygen atoms in total. The molecule has 5 N–H and O–H groups in total. The Morgan fingerprint density at radius 3 is 2.42 bits per heavy atom. The first-order valence-electron chi connectivity index (χ1n) is 10.9. The Bertz CT molecular complexity index is 1270. The van der Waals surface area contributed by atoms with Gasteiger partial charge in [0, 0.05) is 44.1 Å². The number of benzene rings is 2. The van der Waals surface area contributed by atoms with Crippen molar-refractivity contribution in [2.75, 3.05) is 11.9 Å². The average Bonchev–Trinajstić information content (AvgIpc) is 2.86. The number of hydrogen-bond donors (Lipinski definition) is 3. The van der Waals surface area contributed by atoms with Crippen molar-refractivity contribution >= 4 is 5.95 Å². The van der Waals surface area contributed by atoms with Crippen molar-refractivity contribution in [2.24, 2.45) is 18.5 Å². The highest BCUT2D eigenvalue weighted by atomic mass is 16.1. The number of nitrogens with one attached hydrogen (secondary N) is 1. The van der Waals surface area contributed by atoms with E-state index in [2.05, 4.69) is 22.4 Å². The second-order valence-electron chi connectivity index (χ2n) is 7.99. The van der Waals surface area contributed by atoms with Gasteiger partial charge < -0.3 is 16.8 Å². The molecule has 0 aliphatic heterocycles. The van der Waals surface area contributed by atoms with Crippen molar-refractivity contribution in [3.05, 3.63) is 101 Å². The first-order chi connectivity index (χ1) is 16.1. The number of anilines is 1. The summed E-state index contributed by atoms with van der Waals surface area (Å²) in [6, 6.07) is 21.4. The van der Waals surface area contributed by atoms with Gasteiger partial charge in [0.1, 0.15) is 0 Å². The van der Waals surface area contributed by atoms with Crippen LogP contribution in [-0.2, 0) is 20.0 Å². The monoisotopic (exact) mass is 440 g/mol. The van der Waals surface area contributed by atoms with Crippen LogP contribution in [0.2, 0.25) is 0 Å². The van der Waals surface area contributed by atoms with E-state index in [1.54, 1.807) is 19.4 Å². The van der Waals surface area contributed by atoms with Crippen molar-refractivity contribution in [3.8, 4) is 22.4 Å². The molecular weight excluding hydrogens is 412 g/mol. The molecule has 0 aliphatic rings. The average molecular weight is 441 g/mol. The Labute approximate surface area is 193 Å². The van der Waals surface area contributed by atoms with E-state index >= 15 is 0 Å². The van der Waals surface area contributed by atoms with Crippen LogP contribution >= 0.6 is 0 Å². The summed E-state index contributed by atoms with van der Waals surface area (Å²) < 4.78 is 1.53. The summed E-state index contributed by atoms with van der Waals surface area (Å²) in [6.07, 6.45) is 4.11. The first kappa shape index (κ1) is 22.4. The standard InChI is InChI=1S/C26H28N6O/c1-32-25(33)23(21-9-5-8-19(14-21)16-27)24(20-10-12-29-13-11-20)31-26(32)30-17-22(28)15-18-6-3-2-4-7-18/h2-14,22H,15-17,27-28H2,1H3,(H,30,31). The van der Waals surface area contributed by atoms with Crippen molar-refractivity contribution in [1.29, 1.82) is 0 Å². The molecular formula is C26H28N6O. The topological polar surface area (TPSA) is 112 Å². The highest BCUT2D eigenvalue weighted by molar-refractivity contribution is 5.81. The maximum Gasteiger partial charge on any atom is 0.263 e. The number of hydrogen-bond acceptors (Lipinski definition) is 6. The third kappa shape index (κ3) is 5.16. The maximum atomic E-state index is 13.5. The molecule has 0 aliphatic carbocycles. The van der Waals surface area contributed by atoms with Crippen molar-refractivity contribution in [3.63, 3.8) is 0 Å². The number of nitrogens with two attached hydrogens (primary N) is 2. The summed E-state index contributed by atoms with van der Waals surface area (Å²) in [6.45, 7) is 0.873. The Morgan fingerprint density at radius 2 is 1.70 bits per heavy atom. The highest BCUT2D eigenvalue weighted by Crippen LogP contribution is 2.29. The lowest BCUT2D eigenvalue weighted by molar-refractivity contribution is 0.688. The summed E-state index contributed by atoms with van der Waals surface area (Å²) in [5.41, 5.74) is 16.9. The number of aromatic nitrogens is 3. The summed E-state index contributed by atoms with van der Waals surface area (Å²) in [5, 5.41) is 3.28. The van der Waals surface area contributed by atoms with Crippen LogP contribution in [0.15, 0.2) is 83.9 Å². The van der Waals surface area contributed by atoms with E-state index in [1.807, 2.05) is 54.6 Å². The number of pyridine rings is 1. The van der Waals surface area contributed by atoms with E-state index in [0.717, 1.165) is 23.1 Å². The molecule has 2 heterocycles. The fourth-order valence-corrected chi connectivity index (χ4v) is 3.80. The molecule has 2 aromatic heterocycles. The van der Waals surface area contributed by atoms with E-state index in [9.17, 15) is 4.79 Å². The van der Waals surface area contributed by atoms with Crippen LogP contribution < -0.4 is 22.3 Å². The zero-order valence-corrected chi connectivity index (χ0v) is 18.6. The van der Waals surface area contributed by atoms with Gasteiger partial charge in [-0.05, 0) is 41.3 Å². The Kier molecular flexibility index (Phi) is 6.92. The van der Waals surface area contributed by atoms with Crippen LogP contribution in [0.4, 0.5) is 5.95 Å². The molecule has 0 spiro atoms. The minimum Gasteiger partial charge on any atom is -0.354 e. The molecule has 33 heavy (non-hydrogen) atoms. The van der Waals surface area contributed by atoms with Gasteiger partial charge in [-0.25, -0.2) is 4.98 Å². The largest absolute Gasteiger partial charge is 0.354 e. The predicted molar refractivity (Wildman–Crippen MR) is 133 cm³/mol. The van der Waals surface area contributed by atoms with Gasteiger partial charge in [-0.2, -0.15) is 0 Å². The fourth-order valence-electron chi connectivity index (χ4n) is 3.80. The summed E-state index contributed by atoms with van der Waals surface area (Å²) in [5.74, 6) is 0.467. The maximum absolute atomic E-state index is 13.5. The SMILES string of the molecule is Cn1c(NCC(N)Cc2ccccc2)nc(-c2ccncc2)c(-c2cccc(CN)c2)c1=O. The molecule has 0 radical (unpaired) electrons. The molecule has 0 saturated carbocycles. The van der Waals surface area contributed by atoms with E-state index in [1.165, 1.54) is 10.1 Å². The molecule has 0 bridgehead atoms. The van der Waals surface area contributed by atoms with Gasteiger partial charge in [-0.1, -0.05) is 48.5 Å². The minimum absolute atomic E-state index is 0.130. The molecule has 4 aromatic rings. The lowest BCUT2D eigenvalue weighted by atomic mass is 9.99. The van der Waals surface area contributed by atoms with Gasteiger partial charge in [0.25, 0.3) is 5.56 Å². The van der Waals surface area contributed by atoms with Gasteiger partial charge in [-0.3, -0.25) is 14.3 Å². The van der Waals surface area contributed by atoms with E-state index in [0.29, 0.717) is 30.3 Å². The molecule has 0 saturated heterocycles. The predicted octanol–water partition coefficient (Wildman–Crippen LogP) is 2.95. The Balaban J connectivity index is 1.71. The van der Waals surface area contributed by atoms with E-state index < -0.39 is 0 Å². The van der Waals surface area contributed by atoms with E-state index in [4.69, 9.17) is 16.5 Å². The lowest BCUT2D eigenvalue weighted by Crippen LogP contribution is -2.34. The molecule has 2 aromatic carbocycles. The first-order valence-corrected chi connectivity index (χ1v) is 10.9. The zero-order valence-electron chi connectivity index (χ0n) is 18.6. The van der Waals surface area contributed by atoms with Crippen LogP contribution in [0, 0.1) is 0 Å². The number of rotatable bonds is 8. The van der Waals surface area contributed by atoms with Crippen LogP contribution in [0.3, 0.4) is 0 Å². The molecule has 4 rings (SSSR count). The van der Waals surface area contributed by atoms with Crippen molar-refractivity contribution in [1.82, 2.24) is 14.5 Å². The van der Waals surface area contributed by atoms with Gasteiger partial charge in [0.2, 0.25) is 5.95 Å². The second kappa shape index (κ2) is 10.2. The van der Waals surface area contributed by atoms with Crippen LogP contribution in [-0.4, -0.2) is 27.1 Å². The van der Waals surface area contributed by atoms with Crippen LogP contribution in [0.5, 0.6) is 0 Å². The summed E-state index contributed by atoms with van der Waals surface area (Å²) in [4.78, 5) is 22.5. The minimum atomic E-state index is -0.148. The lowest BCUT2D eigenvalue weighted by Gasteiger charge is -2.18. The molecule has 168 valence electrons. The molecule has 7 heteroatoms. The van der Waals surface area contributed by atoms with Gasteiger partial charge in [0.15, 0.2) is 0 Å².